The highest BCUT2D eigenvalue weighted by Crippen LogP contribution is 2.15. The van der Waals surface area contributed by atoms with E-state index in [0.29, 0.717) is 18.7 Å². The number of piperidine rings is 1. The summed E-state index contributed by atoms with van der Waals surface area (Å²) >= 11 is 0. The van der Waals surface area contributed by atoms with Crippen LogP contribution in [0.25, 0.3) is 0 Å². The number of nitrogens with one attached hydrogen (secondary N) is 2. The fourth-order valence-corrected chi connectivity index (χ4v) is 3.07. The van der Waals surface area contributed by atoms with Crippen LogP contribution >= 0.6 is 0 Å². The van der Waals surface area contributed by atoms with Crippen LogP contribution in [0, 0.1) is 6.92 Å². The lowest BCUT2D eigenvalue weighted by Gasteiger charge is -2.32. The lowest BCUT2D eigenvalue weighted by Crippen LogP contribution is -2.47. The maximum atomic E-state index is 12.4. The molecule has 2 aromatic carbocycles. The Morgan fingerprint density at radius 1 is 1.00 bits per heavy atom. The smallest absolute Gasteiger partial charge is 0.319 e. The monoisotopic (exact) mass is 337 g/mol. The van der Waals surface area contributed by atoms with E-state index in [1.807, 2.05) is 66.4 Å². The van der Waals surface area contributed by atoms with E-state index in [-0.39, 0.29) is 18.0 Å². The summed E-state index contributed by atoms with van der Waals surface area (Å²) in [5.74, 6) is 0.0586. The molecular formula is C20H23N3O2. The van der Waals surface area contributed by atoms with Crippen LogP contribution in [-0.4, -0.2) is 36.0 Å². The minimum absolute atomic E-state index is 0.0586. The average molecular weight is 337 g/mol. The van der Waals surface area contributed by atoms with Crippen LogP contribution in [0.4, 0.5) is 10.5 Å². The minimum Gasteiger partial charge on any atom is -0.338 e. The van der Waals surface area contributed by atoms with Crippen LogP contribution in [0.2, 0.25) is 0 Å². The molecule has 1 fully saturated rings. The highest BCUT2D eigenvalue weighted by Gasteiger charge is 2.24. The van der Waals surface area contributed by atoms with Crippen molar-refractivity contribution in [3.8, 4) is 0 Å². The first-order valence-corrected chi connectivity index (χ1v) is 8.60. The van der Waals surface area contributed by atoms with Crippen molar-refractivity contribution in [2.75, 3.05) is 18.4 Å². The summed E-state index contributed by atoms with van der Waals surface area (Å²) in [4.78, 5) is 26.4. The second kappa shape index (κ2) is 7.83. The molecule has 3 amide bonds. The average Bonchev–Trinajstić information content (AvgIpc) is 2.62. The first-order chi connectivity index (χ1) is 12.1. The van der Waals surface area contributed by atoms with Gasteiger partial charge in [0.2, 0.25) is 0 Å². The Bertz CT molecular complexity index is 738. The van der Waals surface area contributed by atoms with Crippen LogP contribution < -0.4 is 10.6 Å². The minimum atomic E-state index is -0.196. The number of carbonyl (C=O) groups excluding carboxylic acids is 2. The molecule has 0 unspecified atom stereocenters. The number of rotatable bonds is 3. The molecule has 3 rings (SSSR count). The van der Waals surface area contributed by atoms with Crippen LogP contribution in [0.5, 0.6) is 0 Å². The molecular weight excluding hydrogens is 314 g/mol. The number of urea groups is 1. The van der Waals surface area contributed by atoms with E-state index in [0.717, 1.165) is 24.1 Å². The first kappa shape index (κ1) is 17.0. The third-order valence-electron chi connectivity index (χ3n) is 4.41. The molecule has 1 aliphatic heterocycles. The SMILES string of the molecule is Cc1cccc(NC(=O)NC2CCN(C(=O)c3ccccc3)CC2)c1. The molecule has 1 heterocycles. The molecule has 0 aliphatic carbocycles. The Morgan fingerprint density at radius 2 is 1.72 bits per heavy atom. The van der Waals surface area contributed by atoms with Crippen molar-refractivity contribution in [1.82, 2.24) is 10.2 Å². The molecule has 0 radical (unpaired) electrons. The summed E-state index contributed by atoms with van der Waals surface area (Å²) in [7, 11) is 0. The summed E-state index contributed by atoms with van der Waals surface area (Å²) in [6, 6.07) is 16.9. The van der Waals surface area contributed by atoms with E-state index < -0.39 is 0 Å². The van der Waals surface area contributed by atoms with Gasteiger partial charge in [0, 0.05) is 30.4 Å². The number of anilines is 1. The zero-order valence-corrected chi connectivity index (χ0v) is 14.4. The molecule has 5 nitrogen and oxygen atoms in total. The molecule has 25 heavy (non-hydrogen) atoms. The zero-order valence-electron chi connectivity index (χ0n) is 14.4. The number of hydrogen-bond donors (Lipinski definition) is 2. The van der Waals surface area contributed by atoms with Gasteiger partial charge in [-0.2, -0.15) is 0 Å². The molecule has 2 aromatic rings. The number of benzene rings is 2. The standard InChI is InChI=1S/C20H23N3O2/c1-15-6-5-9-18(14-15)22-20(25)21-17-10-12-23(13-11-17)19(24)16-7-3-2-4-8-16/h2-9,14,17H,10-13H2,1H3,(H2,21,22,25). The van der Waals surface area contributed by atoms with Crippen molar-refractivity contribution in [2.45, 2.75) is 25.8 Å². The number of likely N-dealkylation sites (tertiary alicyclic amines) is 1. The van der Waals surface area contributed by atoms with E-state index in [2.05, 4.69) is 10.6 Å². The van der Waals surface area contributed by atoms with Crippen molar-refractivity contribution in [2.24, 2.45) is 0 Å². The molecule has 0 atom stereocenters. The van der Waals surface area contributed by atoms with Gasteiger partial charge in [-0.25, -0.2) is 4.79 Å². The number of amides is 3. The van der Waals surface area contributed by atoms with Crippen molar-refractivity contribution in [3.63, 3.8) is 0 Å². The zero-order chi connectivity index (χ0) is 17.6. The van der Waals surface area contributed by atoms with Gasteiger partial charge in [-0.05, 0) is 49.6 Å². The van der Waals surface area contributed by atoms with E-state index in [9.17, 15) is 9.59 Å². The largest absolute Gasteiger partial charge is 0.338 e. The Kier molecular flexibility index (Phi) is 5.33. The molecule has 5 heteroatoms. The van der Waals surface area contributed by atoms with E-state index in [4.69, 9.17) is 0 Å². The quantitative estimate of drug-likeness (QED) is 0.901. The van der Waals surface area contributed by atoms with Crippen LogP contribution in [0.3, 0.4) is 0 Å². The second-order valence-corrected chi connectivity index (χ2v) is 6.40. The summed E-state index contributed by atoms with van der Waals surface area (Å²) in [6.07, 6.45) is 1.53. The first-order valence-electron chi connectivity index (χ1n) is 8.60. The molecule has 130 valence electrons. The number of carbonyl (C=O) groups is 2. The van der Waals surface area contributed by atoms with Crippen molar-refractivity contribution in [3.05, 3.63) is 65.7 Å². The van der Waals surface area contributed by atoms with Gasteiger partial charge in [-0.15, -0.1) is 0 Å². The third kappa shape index (κ3) is 4.59. The Labute approximate surface area is 148 Å². The van der Waals surface area contributed by atoms with E-state index >= 15 is 0 Å². The number of aryl methyl sites for hydroxylation is 1. The predicted octanol–water partition coefficient (Wildman–Crippen LogP) is 3.42. The number of nitrogens with zero attached hydrogens (tertiary/aromatic N) is 1. The Hall–Kier alpha value is -2.82. The lowest BCUT2D eigenvalue weighted by atomic mass is 10.0. The maximum absolute atomic E-state index is 12.4. The second-order valence-electron chi connectivity index (χ2n) is 6.40. The number of hydrogen-bond acceptors (Lipinski definition) is 2. The predicted molar refractivity (Wildman–Crippen MR) is 98.7 cm³/mol. The van der Waals surface area contributed by atoms with Crippen molar-refractivity contribution < 1.29 is 9.59 Å². The summed E-state index contributed by atoms with van der Waals surface area (Å²) in [5, 5.41) is 5.86. The lowest BCUT2D eigenvalue weighted by molar-refractivity contribution is 0.0709. The highest BCUT2D eigenvalue weighted by molar-refractivity contribution is 5.94. The van der Waals surface area contributed by atoms with Crippen molar-refractivity contribution >= 4 is 17.6 Å². The molecule has 0 aromatic heterocycles. The third-order valence-corrected chi connectivity index (χ3v) is 4.41. The maximum Gasteiger partial charge on any atom is 0.319 e. The summed E-state index contributed by atoms with van der Waals surface area (Å²) in [6.45, 7) is 3.30. The Morgan fingerprint density at radius 3 is 2.40 bits per heavy atom. The summed E-state index contributed by atoms with van der Waals surface area (Å²) < 4.78 is 0. The van der Waals surface area contributed by atoms with Gasteiger partial charge < -0.3 is 15.5 Å². The molecule has 1 saturated heterocycles. The van der Waals surface area contributed by atoms with Crippen molar-refractivity contribution in [1.29, 1.82) is 0 Å². The normalized spacial score (nSPS) is 14.8. The Balaban J connectivity index is 1.47. The van der Waals surface area contributed by atoms with E-state index in [1.165, 1.54) is 0 Å². The molecule has 2 N–H and O–H groups in total. The fraction of sp³-hybridized carbons (Fsp3) is 0.300. The van der Waals surface area contributed by atoms with Crippen LogP contribution in [-0.2, 0) is 0 Å². The molecule has 1 aliphatic rings. The fourth-order valence-electron chi connectivity index (χ4n) is 3.07. The van der Waals surface area contributed by atoms with Crippen LogP contribution in [0.15, 0.2) is 54.6 Å². The summed E-state index contributed by atoms with van der Waals surface area (Å²) in [5.41, 5.74) is 2.60. The molecule has 0 spiro atoms. The topological polar surface area (TPSA) is 61.4 Å². The molecule has 0 bridgehead atoms. The highest BCUT2D eigenvalue weighted by atomic mass is 16.2. The van der Waals surface area contributed by atoms with Gasteiger partial charge in [0.25, 0.3) is 5.91 Å². The molecule has 0 saturated carbocycles. The van der Waals surface area contributed by atoms with Gasteiger partial charge in [-0.1, -0.05) is 30.3 Å². The van der Waals surface area contributed by atoms with E-state index in [1.54, 1.807) is 0 Å². The van der Waals surface area contributed by atoms with Gasteiger partial charge >= 0.3 is 6.03 Å². The van der Waals surface area contributed by atoms with Gasteiger partial charge in [0.15, 0.2) is 0 Å². The van der Waals surface area contributed by atoms with Crippen LogP contribution in [0.1, 0.15) is 28.8 Å². The van der Waals surface area contributed by atoms with Gasteiger partial charge in [0.05, 0.1) is 0 Å². The van der Waals surface area contributed by atoms with Gasteiger partial charge in [0.1, 0.15) is 0 Å². The van der Waals surface area contributed by atoms with Gasteiger partial charge in [-0.3, -0.25) is 4.79 Å².